The molecule has 2 heterocycles. The van der Waals surface area contributed by atoms with Crippen LogP contribution in [0.2, 0.25) is 5.02 Å². The average Bonchev–Trinajstić information content (AvgIpc) is 3.15. The molecule has 0 unspecified atom stereocenters. The summed E-state index contributed by atoms with van der Waals surface area (Å²) >= 11 is 7.59. The van der Waals surface area contributed by atoms with Gasteiger partial charge in [-0.3, -0.25) is 9.36 Å². The third-order valence-corrected chi connectivity index (χ3v) is 6.03. The molecule has 29 heavy (non-hydrogen) atoms. The van der Waals surface area contributed by atoms with Crippen LogP contribution in [0.4, 0.5) is 4.39 Å². The molecule has 1 N–H and O–H groups in total. The standard InChI is InChI=1S/C22H19ClFN3OS/c1-2-10-27-21(28)20-19(17(12-25-20)14-6-4-3-5-7-14)26-22(27)29-13-15-8-9-16(24)11-18(15)23/h3-9,11-12,25H,2,10,13H2,1H3. The third kappa shape index (κ3) is 3.95. The van der Waals surface area contributed by atoms with Crippen LogP contribution in [0.5, 0.6) is 0 Å². The number of hydrogen-bond acceptors (Lipinski definition) is 3. The molecule has 0 atom stereocenters. The van der Waals surface area contributed by atoms with Gasteiger partial charge in [0.25, 0.3) is 5.56 Å². The minimum atomic E-state index is -0.369. The van der Waals surface area contributed by atoms with Crippen molar-refractivity contribution in [3.05, 3.63) is 81.5 Å². The highest BCUT2D eigenvalue weighted by Crippen LogP contribution is 2.30. The van der Waals surface area contributed by atoms with Gasteiger partial charge < -0.3 is 4.98 Å². The molecule has 0 aliphatic heterocycles. The molecule has 4 aromatic rings. The molecule has 0 fully saturated rings. The third-order valence-electron chi connectivity index (χ3n) is 4.65. The molecule has 0 bridgehead atoms. The van der Waals surface area contributed by atoms with Gasteiger partial charge >= 0.3 is 0 Å². The molecule has 0 radical (unpaired) electrons. The van der Waals surface area contributed by atoms with Gasteiger partial charge in [0.05, 0.1) is 0 Å². The summed E-state index contributed by atoms with van der Waals surface area (Å²) in [4.78, 5) is 21.0. The van der Waals surface area contributed by atoms with E-state index in [9.17, 15) is 9.18 Å². The number of thioether (sulfide) groups is 1. The highest BCUT2D eigenvalue weighted by molar-refractivity contribution is 7.98. The van der Waals surface area contributed by atoms with Crippen LogP contribution in [0.1, 0.15) is 18.9 Å². The number of hydrogen-bond donors (Lipinski definition) is 1. The van der Waals surface area contributed by atoms with E-state index in [0.29, 0.717) is 33.5 Å². The predicted octanol–water partition coefficient (Wildman–Crippen LogP) is 5.89. The summed E-state index contributed by atoms with van der Waals surface area (Å²) in [6, 6.07) is 14.2. The van der Waals surface area contributed by atoms with Gasteiger partial charge in [0, 0.05) is 29.1 Å². The molecule has 0 aliphatic rings. The number of aromatic amines is 1. The second-order valence-corrected chi connectivity index (χ2v) is 8.02. The molecule has 0 saturated carbocycles. The van der Waals surface area contributed by atoms with Gasteiger partial charge in [-0.25, -0.2) is 9.37 Å². The lowest BCUT2D eigenvalue weighted by Gasteiger charge is -2.12. The summed E-state index contributed by atoms with van der Waals surface area (Å²) in [6.45, 7) is 2.59. The molecule has 0 saturated heterocycles. The largest absolute Gasteiger partial charge is 0.355 e. The molecular weight excluding hydrogens is 409 g/mol. The monoisotopic (exact) mass is 427 g/mol. The lowest BCUT2D eigenvalue weighted by molar-refractivity contribution is 0.584. The SMILES string of the molecule is CCCn1c(SCc2ccc(F)cc2Cl)nc2c(-c3ccccc3)c[nH]c2c1=O. The summed E-state index contributed by atoms with van der Waals surface area (Å²) in [5, 5.41) is 0.996. The van der Waals surface area contributed by atoms with Gasteiger partial charge in [-0.15, -0.1) is 0 Å². The van der Waals surface area contributed by atoms with Crippen molar-refractivity contribution in [2.75, 3.05) is 0 Å². The maximum Gasteiger partial charge on any atom is 0.278 e. The summed E-state index contributed by atoms with van der Waals surface area (Å²) < 4.78 is 15.0. The minimum absolute atomic E-state index is 0.0910. The molecule has 2 aromatic heterocycles. The molecule has 7 heteroatoms. The summed E-state index contributed by atoms with van der Waals surface area (Å²) in [7, 11) is 0. The van der Waals surface area contributed by atoms with E-state index >= 15 is 0 Å². The highest BCUT2D eigenvalue weighted by Gasteiger charge is 2.17. The number of nitrogens with one attached hydrogen (secondary N) is 1. The second-order valence-electron chi connectivity index (χ2n) is 6.67. The number of halogens is 2. The van der Waals surface area contributed by atoms with E-state index in [0.717, 1.165) is 23.1 Å². The molecule has 4 nitrogen and oxygen atoms in total. The Hall–Kier alpha value is -2.57. The van der Waals surface area contributed by atoms with Crippen LogP contribution in [-0.4, -0.2) is 14.5 Å². The highest BCUT2D eigenvalue weighted by atomic mass is 35.5. The van der Waals surface area contributed by atoms with Crippen molar-refractivity contribution in [2.45, 2.75) is 30.8 Å². The van der Waals surface area contributed by atoms with E-state index in [4.69, 9.17) is 16.6 Å². The smallest absolute Gasteiger partial charge is 0.278 e. The molecule has 2 aromatic carbocycles. The molecule has 0 aliphatic carbocycles. The maximum atomic E-state index is 13.3. The van der Waals surface area contributed by atoms with Crippen LogP contribution in [0.3, 0.4) is 0 Å². The molecule has 0 spiro atoms. The number of aromatic nitrogens is 3. The Balaban J connectivity index is 1.78. The van der Waals surface area contributed by atoms with Gasteiger partial charge in [-0.2, -0.15) is 0 Å². The Morgan fingerprint density at radius 2 is 2.00 bits per heavy atom. The van der Waals surface area contributed by atoms with Crippen LogP contribution in [-0.2, 0) is 12.3 Å². The zero-order chi connectivity index (χ0) is 20.4. The Labute approximate surface area is 176 Å². The van der Waals surface area contributed by atoms with Crippen molar-refractivity contribution in [1.82, 2.24) is 14.5 Å². The van der Waals surface area contributed by atoms with Crippen molar-refractivity contribution < 1.29 is 4.39 Å². The zero-order valence-electron chi connectivity index (χ0n) is 15.8. The molecular formula is C22H19ClFN3OS. The second kappa shape index (κ2) is 8.43. The number of fused-ring (bicyclic) bond motifs is 1. The summed E-state index contributed by atoms with van der Waals surface area (Å²) in [5.41, 5.74) is 3.75. The molecule has 148 valence electrons. The predicted molar refractivity (Wildman–Crippen MR) is 117 cm³/mol. The first-order chi connectivity index (χ1) is 14.1. The van der Waals surface area contributed by atoms with Crippen LogP contribution >= 0.6 is 23.4 Å². The van der Waals surface area contributed by atoms with Gasteiger partial charge in [0.1, 0.15) is 16.9 Å². The molecule has 4 rings (SSSR count). The van der Waals surface area contributed by atoms with Crippen molar-refractivity contribution in [1.29, 1.82) is 0 Å². The van der Waals surface area contributed by atoms with Crippen molar-refractivity contribution >= 4 is 34.4 Å². The fourth-order valence-electron chi connectivity index (χ4n) is 3.22. The Bertz CT molecular complexity index is 1220. The van der Waals surface area contributed by atoms with Crippen LogP contribution < -0.4 is 5.56 Å². The van der Waals surface area contributed by atoms with Gasteiger partial charge in [-0.05, 0) is 29.7 Å². The van der Waals surface area contributed by atoms with Crippen molar-refractivity contribution in [2.24, 2.45) is 0 Å². The van der Waals surface area contributed by atoms with E-state index in [-0.39, 0.29) is 11.4 Å². The van der Waals surface area contributed by atoms with Crippen LogP contribution in [0.15, 0.2) is 64.7 Å². The van der Waals surface area contributed by atoms with E-state index in [1.807, 2.05) is 43.5 Å². The Kier molecular flexibility index (Phi) is 5.74. The van der Waals surface area contributed by atoms with E-state index in [2.05, 4.69) is 4.98 Å². The van der Waals surface area contributed by atoms with Gasteiger partial charge in [0.2, 0.25) is 0 Å². The van der Waals surface area contributed by atoms with Gasteiger partial charge in [0.15, 0.2) is 5.16 Å². The summed E-state index contributed by atoms with van der Waals surface area (Å²) in [6.07, 6.45) is 2.64. The first-order valence-corrected chi connectivity index (χ1v) is 10.7. The normalized spacial score (nSPS) is 11.3. The Morgan fingerprint density at radius 3 is 2.72 bits per heavy atom. The van der Waals surface area contributed by atoms with Crippen molar-refractivity contribution in [3.8, 4) is 11.1 Å². The Morgan fingerprint density at radius 1 is 1.21 bits per heavy atom. The molecule has 0 amide bonds. The first kappa shape index (κ1) is 19.7. The number of H-pyrrole nitrogens is 1. The topological polar surface area (TPSA) is 50.7 Å². The van der Waals surface area contributed by atoms with Crippen LogP contribution in [0.25, 0.3) is 22.2 Å². The fraction of sp³-hybridized carbons (Fsp3) is 0.182. The van der Waals surface area contributed by atoms with E-state index < -0.39 is 0 Å². The first-order valence-electron chi connectivity index (χ1n) is 9.32. The number of benzene rings is 2. The van der Waals surface area contributed by atoms with E-state index in [1.165, 1.54) is 23.9 Å². The lowest BCUT2D eigenvalue weighted by atomic mass is 10.1. The minimum Gasteiger partial charge on any atom is -0.355 e. The summed E-state index contributed by atoms with van der Waals surface area (Å²) in [5.74, 6) is 0.122. The quantitative estimate of drug-likeness (QED) is 0.308. The van der Waals surface area contributed by atoms with Gasteiger partial charge in [-0.1, -0.05) is 66.7 Å². The number of nitrogens with zero attached hydrogens (tertiary/aromatic N) is 2. The van der Waals surface area contributed by atoms with E-state index in [1.54, 1.807) is 10.6 Å². The maximum absolute atomic E-state index is 13.3. The fourth-order valence-corrected chi connectivity index (χ4v) is 4.56. The van der Waals surface area contributed by atoms with Crippen molar-refractivity contribution in [3.63, 3.8) is 0 Å². The lowest BCUT2D eigenvalue weighted by Crippen LogP contribution is -2.23. The average molecular weight is 428 g/mol. The van der Waals surface area contributed by atoms with Crippen LogP contribution in [0, 0.1) is 5.82 Å². The zero-order valence-corrected chi connectivity index (χ0v) is 17.4. The number of rotatable bonds is 6.